The largest absolute Gasteiger partial charge is 0.363 e. The highest BCUT2D eigenvalue weighted by Crippen LogP contribution is 2.19. The molecule has 1 rings (SSSR count). The van der Waals surface area contributed by atoms with Crippen molar-refractivity contribution in [2.45, 2.75) is 19.1 Å². The van der Waals surface area contributed by atoms with Gasteiger partial charge >= 0.3 is 0 Å². The highest BCUT2D eigenvalue weighted by Gasteiger charge is 2.00. The first-order valence-electron chi connectivity index (χ1n) is 3.94. The maximum absolute atomic E-state index is 4.04. The Morgan fingerprint density at radius 3 is 2.92 bits per heavy atom. The van der Waals surface area contributed by atoms with Crippen molar-refractivity contribution < 1.29 is 0 Å². The van der Waals surface area contributed by atoms with E-state index >= 15 is 0 Å². The fourth-order valence-electron chi connectivity index (χ4n) is 0.717. The first-order valence-corrected chi connectivity index (χ1v) is 5.91. The maximum atomic E-state index is 4.04. The van der Waals surface area contributed by atoms with Gasteiger partial charge in [0.05, 0.1) is 0 Å². The summed E-state index contributed by atoms with van der Waals surface area (Å²) in [4.78, 5) is 0. The highest BCUT2D eigenvalue weighted by molar-refractivity contribution is 7.98. The SMILES string of the molecule is CCCSCc1nnc(NC)s1. The average molecular weight is 203 g/mol. The van der Waals surface area contributed by atoms with Crippen LogP contribution in [0.3, 0.4) is 0 Å². The number of rotatable bonds is 5. The van der Waals surface area contributed by atoms with Crippen molar-refractivity contribution in [1.82, 2.24) is 10.2 Å². The van der Waals surface area contributed by atoms with Crippen LogP contribution in [0.5, 0.6) is 0 Å². The third-order valence-corrected chi connectivity index (χ3v) is 3.55. The Balaban J connectivity index is 2.31. The number of anilines is 1. The van der Waals surface area contributed by atoms with Gasteiger partial charge < -0.3 is 5.32 Å². The van der Waals surface area contributed by atoms with Crippen LogP contribution in [0.4, 0.5) is 5.13 Å². The molecule has 1 aromatic heterocycles. The van der Waals surface area contributed by atoms with Gasteiger partial charge in [-0.3, -0.25) is 0 Å². The van der Waals surface area contributed by atoms with Gasteiger partial charge in [0.2, 0.25) is 5.13 Å². The molecule has 0 saturated heterocycles. The summed E-state index contributed by atoms with van der Waals surface area (Å²) < 4.78 is 0. The number of nitrogens with zero attached hydrogens (tertiary/aromatic N) is 2. The van der Waals surface area contributed by atoms with Crippen molar-refractivity contribution >= 4 is 28.2 Å². The van der Waals surface area contributed by atoms with E-state index in [4.69, 9.17) is 0 Å². The molecular weight excluding hydrogens is 190 g/mol. The Hall–Kier alpha value is -0.290. The van der Waals surface area contributed by atoms with Gasteiger partial charge in [0, 0.05) is 12.8 Å². The summed E-state index contributed by atoms with van der Waals surface area (Å²) in [5.74, 6) is 2.20. The molecule has 0 fully saturated rings. The van der Waals surface area contributed by atoms with Gasteiger partial charge in [-0.25, -0.2) is 0 Å². The summed E-state index contributed by atoms with van der Waals surface area (Å²) >= 11 is 3.54. The zero-order chi connectivity index (χ0) is 8.81. The van der Waals surface area contributed by atoms with Gasteiger partial charge in [0.25, 0.3) is 0 Å². The van der Waals surface area contributed by atoms with E-state index in [2.05, 4.69) is 22.4 Å². The first kappa shape index (κ1) is 9.80. The Labute approximate surface area is 81.0 Å². The lowest BCUT2D eigenvalue weighted by molar-refractivity contribution is 1.04. The minimum absolute atomic E-state index is 0.905. The van der Waals surface area contributed by atoms with Crippen molar-refractivity contribution in [3.8, 4) is 0 Å². The zero-order valence-corrected chi connectivity index (χ0v) is 8.97. The van der Waals surface area contributed by atoms with Gasteiger partial charge in [-0.05, 0) is 12.2 Å². The molecule has 0 saturated carbocycles. The van der Waals surface area contributed by atoms with Gasteiger partial charge in [-0.1, -0.05) is 18.3 Å². The smallest absolute Gasteiger partial charge is 0.205 e. The van der Waals surface area contributed by atoms with Crippen LogP contribution in [0, 0.1) is 0 Å². The topological polar surface area (TPSA) is 37.8 Å². The summed E-state index contributed by atoms with van der Waals surface area (Å²) in [6.07, 6.45) is 1.22. The zero-order valence-electron chi connectivity index (χ0n) is 7.33. The Kier molecular flexibility index (Phi) is 4.39. The van der Waals surface area contributed by atoms with E-state index in [9.17, 15) is 0 Å². The first-order chi connectivity index (χ1) is 5.86. The van der Waals surface area contributed by atoms with Crippen molar-refractivity contribution in [3.63, 3.8) is 0 Å². The van der Waals surface area contributed by atoms with E-state index in [1.54, 1.807) is 11.3 Å². The van der Waals surface area contributed by atoms with Gasteiger partial charge in [0.1, 0.15) is 5.01 Å². The number of thioether (sulfide) groups is 1. The van der Waals surface area contributed by atoms with E-state index in [0.717, 1.165) is 15.9 Å². The van der Waals surface area contributed by atoms with Gasteiger partial charge in [0.15, 0.2) is 0 Å². The minimum Gasteiger partial charge on any atom is -0.363 e. The van der Waals surface area contributed by atoms with Crippen LogP contribution in [-0.2, 0) is 5.75 Å². The van der Waals surface area contributed by atoms with E-state index < -0.39 is 0 Å². The molecule has 68 valence electrons. The summed E-state index contributed by atoms with van der Waals surface area (Å²) in [6.45, 7) is 2.19. The van der Waals surface area contributed by atoms with Crippen molar-refractivity contribution in [1.29, 1.82) is 0 Å². The van der Waals surface area contributed by atoms with Crippen LogP contribution < -0.4 is 5.32 Å². The number of aromatic nitrogens is 2. The third kappa shape index (κ3) is 2.98. The average Bonchev–Trinajstić information content (AvgIpc) is 2.53. The molecule has 5 heteroatoms. The molecule has 0 aliphatic rings. The third-order valence-electron chi connectivity index (χ3n) is 1.25. The molecule has 0 spiro atoms. The summed E-state index contributed by atoms with van der Waals surface area (Å²) in [7, 11) is 1.86. The molecule has 3 nitrogen and oxygen atoms in total. The Morgan fingerprint density at radius 1 is 1.50 bits per heavy atom. The molecule has 0 amide bonds. The van der Waals surface area contributed by atoms with Crippen LogP contribution >= 0.6 is 23.1 Å². The van der Waals surface area contributed by atoms with Crippen LogP contribution in [0.2, 0.25) is 0 Å². The standard InChI is InChI=1S/C7H13N3S2/c1-3-4-11-5-6-9-10-7(8-2)12-6/h3-5H2,1-2H3,(H,8,10). The molecule has 0 unspecified atom stereocenters. The normalized spacial score (nSPS) is 10.2. The maximum Gasteiger partial charge on any atom is 0.205 e. The second-order valence-electron chi connectivity index (χ2n) is 2.30. The minimum atomic E-state index is 0.905. The van der Waals surface area contributed by atoms with E-state index in [0.29, 0.717) is 0 Å². The van der Waals surface area contributed by atoms with Crippen molar-refractivity contribution in [2.24, 2.45) is 0 Å². The number of hydrogen-bond acceptors (Lipinski definition) is 5. The fraction of sp³-hybridized carbons (Fsp3) is 0.714. The lowest BCUT2D eigenvalue weighted by atomic mass is 10.6. The quantitative estimate of drug-likeness (QED) is 0.745. The molecule has 1 aromatic rings. The molecule has 0 bridgehead atoms. The lowest BCUT2D eigenvalue weighted by Crippen LogP contribution is -1.84. The monoisotopic (exact) mass is 203 g/mol. The van der Waals surface area contributed by atoms with Crippen molar-refractivity contribution in [2.75, 3.05) is 18.1 Å². The molecule has 12 heavy (non-hydrogen) atoms. The summed E-state index contributed by atoms with van der Waals surface area (Å²) in [5.41, 5.74) is 0. The molecule has 0 aliphatic heterocycles. The molecular formula is C7H13N3S2. The predicted octanol–water partition coefficient (Wildman–Crippen LogP) is 2.22. The molecule has 0 aliphatic carbocycles. The molecule has 1 heterocycles. The van der Waals surface area contributed by atoms with Crippen LogP contribution in [-0.4, -0.2) is 23.0 Å². The van der Waals surface area contributed by atoms with Gasteiger partial charge in [-0.2, -0.15) is 11.8 Å². The Morgan fingerprint density at radius 2 is 2.33 bits per heavy atom. The Bertz CT molecular complexity index is 224. The van der Waals surface area contributed by atoms with E-state index in [1.807, 2.05) is 18.8 Å². The van der Waals surface area contributed by atoms with Crippen LogP contribution in [0.25, 0.3) is 0 Å². The second kappa shape index (κ2) is 5.37. The van der Waals surface area contributed by atoms with Gasteiger partial charge in [-0.15, -0.1) is 10.2 Å². The highest BCUT2D eigenvalue weighted by atomic mass is 32.2. The number of nitrogens with one attached hydrogen (secondary N) is 1. The number of hydrogen-bond donors (Lipinski definition) is 1. The van der Waals surface area contributed by atoms with E-state index in [-0.39, 0.29) is 0 Å². The molecule has 0 radical (unpaired) electrons. The second-order valence-corrected chi connectivity index (χ2v) is 4.47. The molecule has 1 N–H and O–H groups in total. The molecule has 0 atom stereocenters. The predicted molar refractivity (Wildman–Crippen MR) is 55.9 cm³/mol. The summed E-state index contributed by atoms with van der Waals surface area (Å²) in [6, 6.07) is 0. The van der Waals surface area contributed by atoms with Crippen molar-refractivity contribution in [3.05, 3.63) is 5.01 Å². The lowest BCUT2D eigenvalue weighted by Gasteiger charge is -1.92. The fourth-order valence-corrected chi connectivity index (χ4v) is 2.36. The van der Waals surface area contributed by atoms with Crippen LogP contribution in [0.1, 0.15) is 18.4 Å². The van der Waals surface area contributed by atoms with Crippen LogP contribution in [0.15, 0.2) is 0 Å². The van der Waals surface area contributed by atoms with E-state index in [1.165, 1.54) is 12.2 Å². The summed E-state index contributed by atoms with van der Waals surface area (Å²) in [5, 5.41) is 13.0. The molecule has 0 aromatic carbocycles.